The van der Waals surface area contributed by atoms with E-state index in [1.54, 1.807) is 6.08 Å². The zero-order valence-corrected chi connectivity index (χ0v) is 33.9. The molecule has 4 saturated carbocycles. The van der Waals surface area contributed by atoms with E-state index in [0.29, 0.717) is 47.7 Å². The lowest BCUT2D eigenvalue weighted by Gasteiger charge is -2.68. The van der Waals surface area contributed by atoms with E-state index in [-0.39, 0.29) is 28.8 Å². The van der Waals surface area contributed by atoms with E-state index in [1.165, 1.54) is 45.6 Å². The van der Waals surface area contributed by atoms with Crippen molar-refractivity contribution in [1.29, 1.82) is 0 Å². The fourth-order valence-corrected chi connectivity index (χ4v) is 14.5. The molecular formula is C36H68O5Si3. The Bertz CT molecular complexity index is 1040. The van der Waals surface area contributed by atoms with Gasteiger partial charge in [0.15, 0.2) is 25.0 Å². The summed E-state index contributed by atoms with van der Waals surface area (Å²) >= 11 is 0. The summed E-state index contributed by atoms with van der Waals surface area (Å²) in [5.74, 6) is 3.40. The molecular weight excluding hydrogens is 597 g/mol. The number of carbonyl (C=O) groups excluding carboxylic acids is 1. The highest BCUT2D eigenvalue weighted by molar-refractivity contribution is 6.70. The topological polar surface area (TPSA) is 54.0 Å². The second-order valence-electron chi connectivity index (χ2n) is 18.5. The van der Waals surface area contributed by atoms with Crippen molar-refractivity contribution >= 4 is 30.9 Å². The average molecular weight is 665 g/mol. The summed E-state index contributed by atoms with van der Waals surface area (Å²) in [5, 5.41) is 0. The first-order valence-corrected chi connectivity index (χ1v) is 28.2. The molecule has 5 nitrogen and oxygen atoms in total. The number of fused-ring (bicyclic) bond motifs is 5. The normalized spacial score (nSPS) is 42.0. The molecule has 4 aliphatic rings. The molecule has 4 aliphatic carbocycles. The molecule has 0 saturated heterocycles. The first-order valence-electron chi connectivity index (χ1n) is 17.9. The molecule has 44 heavy (non-hydrogen) atoms. The standard InChI is InChI=1S/C36H68O5Si3/c1-15-26-29-22-25(39-42(6,7)8)20-21-35(29,3)30-23-31(40-43(9,10)11)36(4)27(24(2)16-19-32(37)38-5)17-18-28(36)33(30)34(26)41-44(12,13)14/h16,19,24-31,33-34H,15,17-18,20-23H2,1-14H3/b19-16+/t24-,25?,26-,27-,28+,29+,30+,31?,33+,34?,35+,36-/m1/s1. The Morgan fingerprint density at radius 1 is 0.841 bits per heavy atom. The van der Waals surface area contributed by atoms with Gasteiger partial charge in [-0.15, -0.1) is 0 Å². The van der Waals surface area contributed by atoms with Gasteiger partial charge in [-0.05, 0) is 150 Å². The maximum absolute atomic E-state index is 12.1. The second kappa shape index (κ2) is 13.0. The molecule has 0 amide bonds. The molecule has 0 spiro atoms. The van der Waals surface area contributed by atoms with E-state index < -0.39 is 25.0 Å². The molecule has 8 heteroatoms. The molecule has 254 valence electrons. The number of allylic oxidation sites excluding steroid dienone is 1. The van der Waals surface area contributed by atoms with Crippen molar-refractivity contribution in [2.24, 2.45) is 52.3 Å². The maximum Gasteiger partial charge on any atom is 0.330 e. The number of rotatable bonds is 10. The third kappa shape index (κ3) is 7.40. The van der Waals surface area contributed by atoms with Crippen LogP contribution >= 0.6 is 0 Å². The number of carbonyl (C=O) groups is 1. The molecule has 0 bridgehead atoms. The number of ether oxygens (including phenoxy) is 1. The smallest absolute Gasteiger partial charge is 0.330 e. The number of hydrogen-bond acceptors (Lipinski definition) is 5. The molecule has 12 atom stereocenters. The van der Waals surface area contributed by atoms with Gasteiger partial charge in [-0.25, -0.2) is 4.79 Å². The van der Waals surface area contributed by atoms with E-state index in [1.807, 2.05) is 0 Å². The van der Waals surface area contributed by atoms with Gasteiger partial charge < -0.3 is 18.0 Å². The van der Waals surface area contributed by atoms with E-state index in [9.17, 15) is 4.79 Å². The van der Waals surface area contributed by atoms with E-state index in [0.717, 1.165) is 6.42 Å². The maximum atomic E-state index is 12.1. The SMILES string of the molecule is CC[C@H]1C(O[Si](C)(C)C)[C@@H]2[C@H](CC(O[Si](C)(C)C)[C@]3(C)[C@@H]([C@H](C)/C=C/C(=O)OC)CC[C@@H]23)[C@@]2(C)CCC(O[Si](C)(C)C)C[C@@H]12. The van der Waals surface area contributed by atoms with Crippen molar-refractivity contribution in [2.45, 2.75) is 150 Å². The Labute approximate surface area is 274 Å². The number of methoxy groups -OCH3 is 1. The van der Waals surface area contributed by atoms with Crippen molar-refractivity contribution in [3.63, 3.8) is 0 Å². The van der Waals surface area contributed by atoms with Crippen LogP contribution in [0.25, 0.3) is 0 Å². The molecule has 0 N–H and O–H groups in total. The highest BCUT2D eigenvalue weighted by Gasteiger charge is 2.68. The predicted molar refractivity (Wildman–Crippen MR) is 190 cm³/mol. The quantitative estimate of drug-likeness (QED) is 0.132. The fourth-order valence-electron chi connectivity index (χ4n) is 11.0. The van der Waals surface area contributed by atoms with E-state index in [4.69, 9.17) is 18.0 Å². The first kappa shape index (κ1) is 36.6. The Hall–Kier alpha value is -0.259. The molecule has 4 rings (SSSR count). The number of esters is 1. The lowest BCUT2D eigenvalue weighted by Crippen LogP contribution is -2.67. The number of hydrogen-bond donors (Lipinski definition) is 0. The van der Waals surface area contributed by atoms with Crippen molar-refractivity contribution in [3.05, 3.63) is 12.2 Å². The van der Waals surface area contributed by atoms with E-state index in [2.05, 4.69) is 92.7 Å². The highest BCUT2D eigenvalue weighted by Crippen LogP contribution is 2.70. The van der Waals surface area contributed by atoms with Gasteiger partial charge in [-0.2, -0.15) is 0 Å². The van der Waals surface area contributed by atoms with Crippen LogP contribution in [0.5, 0.6) is 0 Å². The van der Waals surface area contributed by atoms with Gasteiger partial charge >= 0.3 is 5.97 Å². The minimum absolute atomic E-state index is 0.0437. The highest BCUT2D eigenvalue weighted by atomic mass is 28.4. The largest absolute Gasteiger partial charge is 0.466 e. The van der Waals surface area contributed by atoms with E-state index >= 15 is 0 Å². The van der Waals surface area contributed by atoms with Gasteiger partial charge in [-0.3, -0.25) is 0 Å². The van der Waals surface area contributed by atoms with Crippen LogP contribution in [0, 0.1) is 52.3 Å². The van der Waals surface area contributed by atoms with Crippen LogP contribution in [0.4, 0.5) is 0 Å². The van der Waals surface area contributed by atoms with Crippen molar-refractivity contribution in [2.75, 3.05) is 7.11 Å². The van der Waals surface area contributed by atoms with Crippen molar-refractivity contribution < 1.29 is 22.8 Å². The summed E-state index contributed by atoms with van der Waals surface area (Å²) in [4.78, 5) is 12.1. The summed E-state index contributed by atoms with van der Waals surface area (Å²) in [6.07, 6.45) is 13.1. The molecule has 0 aromatic heterocycles. The summed E-state index contributed by atoms with van der Waals surface area (Å²) < 4.78 is 26.6. The van der Waals surface area contributed by atoms with Crippen molar-refractivity contribution in [1.82, 2.24) is 0 Å². The third-order valence-corrected chi connectivity index (χ3v) is 15.4. The Morgan fingerprint density at radius 2 is 1.45 bits per heavy atom. The fraction of sp³-hybridized carbons (Fsp3) is 0.917. The molecule has 4 fully saturated rings. The van der Waals surface area contributed by atoms with Crippen molar-refractivity contribution in [3.8, 4) is 0 Å². The second-order valence-corrected chi connectivity index (χ2v) is 31.9. The Morgan fingerprint density at radius 3 is 2.00 bits per heavy atom. The third-order valence-electron chi connectivity index (χ3n) is 12.4. The van der Waals surface area contributed by atoms with Gasteiger partial charge in [0.05, 0.1) is 19.3 Å². The minimum Gasteiger partial charge on any atom is -0.466 e. The van der Waals surface area contributed by atoms with Crippen LogP contribution in [0.15, 0.2) is 12.2 Å². The monoisotopic (exact) mass is 664 g/mol. The molecule has 0 aromatic carbocycles. The zero-order valence-electron chi connectivity index (χ0n) is 30.9. The Kier molecular flexibility index (Phi) is 10.8. The molecule has 0 aliphatic heterocycles. The zero-order chi connectivity index (χ0) is 33.0. The summed E-state index contributed by atoms with van der Waals surface area (Å²) in [6.45, 7) is 31.4. The Balaban J connectivity index is 1.82. The molecule has 0 heterocycles. The van der Waals surface area contributed by atoms with Gasteiger partial charge in [0.1, 0.15) is 0 Å². The summed E-state index contributed by atoms with van der Waals surface area (Å²) in [5.41, 5.74) is 0.322. The minimum atomic E-state index is -1.83. The van der Waals surface area contributed by atoms with Gasteiger partial charge in [0.2, 0.25) is 0 Å². The first-order chi connectivity index (χ1) is 20.1. The lowest BCUT2D eigenvalue weighted by molar-refractivity contribution is -0.220. The summed E-state index contributed by atoms with van der Waals surface area (Å²) in [7, 11) is -3.80. The molecule has 0 aromatic rings. The van der Waals surface area contributed by atoms with Crippen LogP contribution in [0.3, 0.4) is 0 Å². The van der Waals surface area contributed by atoms with Crippen LogP contribution < -0.4 is 0 Å². The van der Waals surface area contributed by atoms with Crippen LogP contribution in [0.1, 0.15) is 72.6 Å². The van der Waals surface area contributed by atoms with Crippen LogP contribution in [-0.4, -0.2) is 56.3 Å². The summed E-state index contributed by atoms with van der Waals surface area (Å²) in [6, 6.07) is 0. The average Bonchev–Trinajstić information content (AvgIpc) is 3.24. The van der Waals surface area contributed by atoms with Gasteiger partial charge in [0.25, 0.3) is 0 Å². The molecule has 3 unspecified atom stereocenters. The van der Waals surface area contributed by atoms with Gasteiger partial charge in [-0.1, -0.05) is 40.2 Å². The predicted octanol–water partition coefficient (Wildman–Crippen LogP) is 9.53. The lowest BCUT2D eigenvalue weighted by atomic mass is 9.41. The molecule has 0 radical (unpaired) electrons. The van der Waals surface area contributed by atoms with Crippen LogP contribution in [-0.2, 0) is 22.8 Å². The van der Waals surface area contributed by atoms with Crippen LogP contribution in [0.2, 0.25) is 58.9 Å². The van der Waals surface area contributed by atoms with Gasteiger partial charge in [0, 0.05) is 12.2 Å².